The van der Waals surface area contributed by atoms with E-state index >= 15 is 0 Å². The minimum Gasteiger partial charge on any atom is -0.487 e. The maximum absolute atomic E-state index is 10.9. The van der Waals surface area contributed by atoms with E-state index in [0.717, 1.165) is 11.3 Å². The minimum absolute atomic E-state index is 0.0177. The number of aryl methyl sites for hydroxylation is 2. The van der Waals surface area contributed by atoms with Crippen LogP contribution in [0.1, 0.15) is 27.6 Å². The molecule has 0 spiro atoms. The normalized spacial score (nSPS) is 10.2. The van der Waals surface area contributed by atoms with Crippen LogP contribution in [0.4, 0.5) is 0 Å². The van der Waals surface area contributed by atoms with Crippen LogP contribution in [0, 0.1) is 13.8 Å². The van der Waals surface area contributed by atoms with Crippen molar-refractivity contribution in [3.8, 4) is 5.75 Å². The van der Waals surface area contributed by atoms with Crippen molar-refractivity contribution in [3.05, 3.63) is 53.1 Å². The van der Waals surface area contributed by atoms with Gasteiger partial charge in [-0.1, -0.05) is 18.2 Å². The maximum atomic E-state index is 10.9. The van der Waals surface area contributed by atoms with Crippen molar-refractivity contribution in [2.75, 3.05) is 0 Å². The summed E-state index contributed by atoms with van der Waals surface area (Å²) in [6.45, 7) is 3.82. The van der Waals surface area contributed by atoms with Crippen LogP contribution in [0.5, 0.6) is 5.75 Å². The third kappa shape index (κ3) is 3.28. The van der Waals surface area contributed by atoms with Crippen molar-refractivity contribution in [1.29, 1.82) is 0 Å². The highest BCUT2D eigenvalue weighted by Crippen LogP contribution is 2.17. The highest BCUT2D eigenvalue weighted by atomic mass is 16.5. The van der Waals surface area contributed by atoms with Gasteiger partial charge >= 0.3 is 5.97 Å². The lowest BCUT2D eigenvalue weighted by molar-refractivity contribution is 0.0689. The summed E-state index contributed by atoms with van der Waals surface area (Å²) in [5.41, 5.74) is 1.55. The number of hydrogen-bond donors (Lipinski definition) is 1. The number of carbonyl (C=O) groups is 1. The number of ether oxygens (including phenoxy) is 1. The van der Waals surface area contributed by atoms with Crippen LogP contribution in [0.15, 0.2) is 30.3 Å². The van der Waals surface area contributed by atoms with Gasteiger partial charge in [0.05, 0.1) is 5.69 Å². The topological polar surface area (TPSA) is 72.3 Å². The first-order valence-electron chi connectivity index (χ1n) is 5.82. The van der Waals surface area contributed by atoms with Crippen LogP contribution in [0.2, 0.25) is 0 Å². The van der Waals surface area contributed by atoms with E-state index in [1.807, 2.05) is 31.2 Å². The summed E-state index contributed by atoms with van der Waals surface area (Å²) >= 11 is 0. The van der Waals surface area contributed by atoms with Crippen LogP contribution in [-0.4, -0.2) is 21.0 Å². The Morgan fingerprint density at radius 3 is 2.68 bits per heavy atom. The van der Waals surface area contributed by atoms with E-state index in [9.17, 15) is 4.79 Å². The summed E-state index contributed by atoms with van der Waals surface area (Å²) < 4.78 is 5.63. The summed E-state index contributed by atoms with van der Waals surface area (Å²) in [6, 6.07) is 9.05. The van der Waals surface area contributed by atoms with E-state index in [-0.39, 0.29) is 12.3 Å². The smallest absolute Gasteiger partial charge is 0.354 e. The Bertz CT molecular complexity index is 611. The van der Waals surface area contributed by atoms with Gasteiger partial charge in [0, 0.05) is 0 Å². The number of aromatic carboxylic acids is 1. The Hall–Kier alpha value is -2.43. The minimum atomic E-state index is -1.07. The summed E-state index contributed by atoms with van der Waals surface area (Å²) in [5.74, 6) is 0.113. The number of benzene rings is 1. The molecule has 0 bridgehead atoms. The third-order valence-electron chi connectivity index (χ3n) is 2.58. The molecular weight excluding hydrogens is 244 g/mol. The number of carboxylic acid groups (broad SMARTS) is 1. The molecule has 0 fully saturated rings. The van der Waals surface area contributed by atoms with Crippen LogP contribution < -0.4 is 4.74 Å². The molecule has 0 aliphatic heterocycles. The Balaban J connectivity index is 2.16. The lowest BCUT2D eigenvalue weighted by Gasteiger charge is -2.09. The standard InChI is InChI=1S/C14H14N2O3/c1-9-5-3-4-6-13(9)19-8-11-7-12(14(17)18)16-10(2)15-11/h3-7H,8H2,1-2H3,(H,17,18). The predicted molar refractivity (Wildman–Crippen MR) is 69.2 cm³/mol. The molecule has 1 aromatic carbocycles. The molecule has 1 N–H and O–H groups in total. The lowest BCUT2D eigenvalue weighted by atomic mass is 10.2. The molecule has 0 saturated carbocycles. The zero-order chi connectivity index (χ0) is 13.8. The van der Waals surface area contributed by atoms with E-state index in [4.69, 9.17) is 9.84 Å². The molecule has 0 radical (unpaired) electrons. The Morgan fingerprint density at radius 1 is 1.26 bits per heavy atom. The maximum Gasteiger partial charge on any atom is 0.354 e. The summed E-state index contributed by atoms with van der Waals surface area (Å²) in [4.78, 5) is 18.9. The van der Waals surface area contributed by atoms with Gasteiger partial charge in [-0.15, -0.1) is 0 Å². The van der Waals surface area contributed by atoms with Gasteiger partial charge in [-0.2, -0.15) is 0 Å². The Morgan fingerprint density at radius 2 is 2.00 bits per heavy atom. The van der Waals surface area contributed by atoms with Crippen molar-refractivity contribution in [2.45, 2.75) is 20.5 Å². The lowest BCUT2D eigenvalue weighted by Crippen LogP contribution is -2.08. The fourth-order valence-corrected chi connectivity index (χ4v) is 1.68. The number of carboxylic acids is 1. The first kappa shape index (κ1) is 13.0. The molecule has 19 heavy (non-hydrogen) atoms. The van der Waals surface area contributed by atoms with Crippen LogP contribution >= 0.6 is 0 Å². The van der Waals surface area contributed by atoms with Crippen molar-refractivity contribution in [3.63, 3.8) is 0 Å². The zero-order valence-corrected chi connectivity index (χ0v) is 10.8. The van der Waals surface area contributed by atoms with E-state index in [1.54, 1.807) is 6.92 Å². The van der Waals surface area contributed by atoms with Gasteiger partial charge in [0.25, 0.3) is 0 Å². The molecule has 0 amide bonds. The number of aromatic nitrogens is 2. The molecule has 1 aromatic heterocycles. The van der Waals surface area contributed by atoms with Crippen molar-refractivity contribution >= 4 is 5.97 Å². The summed E-state index contributed by atoms with van der Waals surface area (Å²) in [7, 11) is 0. The highest BCUT2D eigenvalue weighted by molar-refractivity contribution is 5.85. The van der Waals surface area contributed by atoms with Gasteiger partial charge in [0.2, 0.25) is 0 Å². The monoisotopic (exact) mass is 258 g/mol. The van der Waals surface area contributed by atoms with Crippen molar-refractivity contribution in [1.82, 2.24) is 9.97 Å². The van der Waals surface area contributed by atoms with Crippen molar-refractivity contribution in [2.24, 2.45) is 0 Å². The van der Waals surface area contributed by atoms with Gasteiger partial charge in [-0.05, 0) is 31.5 Å². The largest absolute Gasteiger partial charge is 0.487 e. The second-order valence-electron chi connectivity index (χ2n) is 4.15. The Kier molecular flexibility index (Phi) is 3.75. The van der Waals surface area contributed by atoms with Gasteiger partial charge in [-0.25, -0.2) is 14.8 Å². The summed E-state index contributed by atoms with van der Waals surface area (Å²) in [6.07, 6.45) is 0. The zero-order valence-electron chi connectivity index (χ0n) is 10.8. The highest BCUT2D eigenvalue weighted by Gasteiger charge is 2.09. The average molecular weight is 258 g/mol. The Labute approximate surface area is 110 Å². The number of rotatable bonds is 4. The van der Waals surface area contributed by atoms with Crippen LogP contribution in [0.25, 0.3) is 0 Å². The number of para-hydroxylation sites is 1. The second kappa shape index (κ2) is 5.48. The molecule has 5 heteroatoms. The predicted octanol–water partition coefficient (Wildman–Crippen LogP) is 2.37. The third-order valence-corrected chi connectivity index (χ3v) is 2.58. The number of hydrogen-bond acceptors (Lipinski definition) is 4. The fourth-order valence-electron chi connectivity index (χ4n) is 1.68. The fraction of sp³-hybridized carbons (Fsp3) is 0.214. The van der Waals surface area contributed by atoms with Gasteiger partial charge in [-0.3, -0.25) is 0 Å². The molecule has 0 aliphatic rings. The van der Waals surface area contributed by atoms with E-state index in [2.05, 4.69) is 9.97 Å². The van der Waals surface area contributed by atoms with E-state index in [0.29, 0.717) is 11.5 Å². The average Bonchev–Trinajstić information content (AvgIpc) is 2.37. The second-order valence-corrected chi connectivity index (χ2v) is 4.15. The molecule has 98 valence electrons. The molecule has 5 nitrogen and oxygen atoms in total. The molecule has 2 rings (SSSR count). The molecule has 0 aliphatic carbocycles. The first-order valence-corrected chi connectivity index (χ1v) is 5.82. The molecule has 0 saturated heterocycles. The van der Waals surface area contributed by atoms with Gasteiger partial charge in [0.1, 0.15) is 18.2 Å². The quantitative estimate of drug-likeness (QED) is 0.911. The molecular formula is C14H14N2O3. The summed E-state index contributed by atoms with van der Waals surface area (Å²) in [5, 5.41) is 8.93. The SMILES string of the molecule is Cc1nc(COc2ccccc2C)cc(C(=O)O)n1. The molecule has 2 aromatic rings. The van der Waals surface area contributed by atoms with Gasteiger partial charge < -0.3 is 9.84 Å². The molecule has 1 heterocycles. The van der Waals surface area contributed by atoms with Crippen molar-refractivity contribution < 1.29 is 14.6 Å². The van der Waals surface area contributed by atoms with E-state index in [1.165, 1.54) is 6.07 Å². The molecule has 0 atom stereocenters. The number of nitrogens with zero attached hydrogens (tertiary/aromatic N) is 2. The van der Waals surface area contributed by atoms with E-state index < -0.39 is 5.97 Å². The van der Waals surface area contributed by atoms with Crippen LogP contribution in [-0.2, 0) is 6.61 Å². The first-order chi connectivity index (χ1) is 9.06. The van der Waals surface area contributed by atoms with Crippen LogP contribution in [0.3, 0.4) is 0 Å². The van der Waals surface area contributed by atoms with Gasteiger partial charge in [0.15, 0.2) is 5.69 Å². The molecule has 0 unspecified atom stereocenters.